The standard InChI is InChI=1S/C17H16N4O3/c1-2-20(17(23)24)19-15-16(22)21(12-8-4-3-5-9-12)14-11-7-6-10-13(14)18-15/h3-11H,2H2,1H3,(H,18,19)(H,23,24). The molecule has 2 aromatic carbocycles. The lowest BCUT2D eigenvalue weighted by Gasteiger charge is -2.19. The number of hydrazine groups is 1. The minimum absolute atomic E-state index is 0.0400. The van der Waals surface area contributed by atoms with Gasteiger partial charge in [0.15, 0.2) is 0 Å². The third kappa shape index (κ3) is 2.79. The minimum atomic E-state index is -1.18. The second kappa shape index (κ2) is 6.41. The molecule has 122 valence electrons. The number of benzene rings is 2. The number of para-hydroxylation sites is 3. The highest BCUT2D eigenvalue weighted by molar-refractivity contribution is 5.78. The molecule has 0 spiro atoms. The third-order valence-electron chi connectivity index (χ3n) is 3.56. The lowest BCUT2D eigenvalue weighted by molar-refractivity contribution is 0.157. The first kappa shape index (κ1) is 15.5. The summed E-state index contributed by atoms with van der Waals surface area (Å²) in [4.78, 5) is 28.3. The molecule has 3 rings (SSSR count). The van der Waals surface area contributed by atoms with Gasteiger partial charge < -0.3 is 5.11 Å². The van der Waals surface area contributed by atoms with Crippen LogP contribution in [0.25, 0.3) is 16.7 Å². The van der Waals surface area contributed by atoms with Crippen LogP contribution in [-0.2, 0) is 0 Å². The Morgan fingerprint density at radius 2 is 1.83 bits per heavy atom. The fourth-order valence-electron chi connectivity index (χ4n) is 2.43. The molecule has 0 fully saturated rings. The Kier molecular flexibility index (Phi) is 4.15. The molecule has 2 N–H and O–H groups in total. The molecule has 0 radical (unpaired) electrons. The molecule has 0 aliphatic carbocycles. The molecule has 1 amide bonds. The topological polar surface area (TPSA) is 87.5 Å². The zero-order valence-corrected chi connectivity index (χ0v) is 13.0. The first-order valence-corrected chi connectivity index (χ1v) is 7.46. The predicted octanol–water partition coefficient (Wildman–Crippen LogP) is 2.71. The van der Waals surface area contributed by atoms with E-state index in [9.17, 15) is 9.59 Å². The van der Waals surface area contributed by atoms with E-state index in [1.54, 1.807) is 19.1 Å². The summed E-state index contributed by atoms with van der Waals surface area (Å²) < 4.78 is 1.51. The van der Waals surface area contributed by atoms with Gasteiger partial charge in [-0.25, -0.2) is 14.8 Å². The number of hydrogen-bond donors (Lipinski definition) is 2. The Hall–Kier alpha value is -3.35. The minimum Gasteiger partial charge on any atom is -0.464 e. The summed E-state index contributed by atoms with van der Waals surface area (Å²) in [5.74, 6) is -0.0400. The molecule has 7 heteroatoms. The van der Waals surface area contributed by atoms with Crippen LogP contribution in [0.3, 0.4) is 0 Å². The highest BCUT2D eigenvalue weighted by atomic mass is 16.4. The van der Waals surface area contributed by atoms with Crippen LogP contribution in [0.4, 0.5) is 10.6 Å². The van der Waals surface area contributed by atoms with E-state index in [0.717, 1.165) is 5.01 Å². The van der Waals surface area contributed by atoms with Crippen molar-refractivity contribution in [2.45, 2.75) is 6.92 Å². The molecule has 0 aliphatic rings. The van der Waals surface area contributed by atoms with E-state index < -0.39 is 11.7 Å². The van der Waals surface area contributed by atoms with Crippen LogP contribution < -0.4 is 11.0 Å². The maximum absolute atomic E-state index is 12.9. The summed E-state index contributed by atoms with van der Waals surface area (Å²) in [7, 11) is 0. The third-order valence-corrected chi connectivity index (χ3v) is 3.56. The number of aromatic nitrogens is 2. The number of carbonyl (C=O) groups is 1. The van der Waals surface area contributed by atoms with Gasteiger partial charge in [-0.05, 0) is 31.2 Å². The van der Waals surface area contributed by atoms with Crippen molar-refractivity contribution < 1.29 is 9.90 Å². The van der Waals surface area contributed by atoms with Gasteiger partial charge in [0.1, 0.15) is 0 Å². The van der Waals surface area contributed by atoms with Gasteiger partial charge in [0, 0.05) is 12.2 Å². The van der Waals surface area contributed by atoms with Gasteiger partial charge in [0.2, 0.25) is 5.82 Å². The average molecular weight is 324 g/mol. The van der Waals surface area contributed by atoms with Crippen molar-refractivity contribution in [2.75, 3.05) is 12.0 Å². The zero-order valence-electron chi connectivity index (χ0n) is 13.0. The SMILES string of the molecule is CCN(Nc1nc2ccccc2n(-c2ccccc2)c1=O)C(=O)O. The van der Waals surface area contributed by atoms with Gasteiger partial charge in [0.25, 0.3) is 5.56 Å². The first-order valence-electron chi connectivity index (χ1n) is 7.46. The summed E-state index contributed by atoms with van der Waals surface area (Å²) in [6.45, 7) is 1.84. The predicted molar refractivity (Wildman–Crippen MR) is 91.4 cm³/mol. The molecule has 1 heterocycles. The van der Waals surface area contributed by atoms with Gasteiger partial charge >= 0.3 is 6.09 Å². The molecule has 3 aromatic rings. The van der Waals surface area contributed by atoms with Crippen LogP contribution in [0.1, 0.15) is 6.92 Å². The van der Waals surface area contributed by atoms with E-state index in [4.69, 9.17) is 5.11 Å². The molecular weight excluding hydrogens is 308 g/mol. The fourth-order valence-corrected chi connectivity index (χ4v) is 2.43. The average Bonchev–Trinajstić information content (AvgIpc) is 2.60. The monoisotopic (exact) mass is 324 g/mol. The molecule has 0 saturated heterocycles. The Morgan fingerprint density at radius 3 is 2.50 bits per heavy atom. The van der Waals surface area contributed by atoms with Crippen LogP contribution in [0.15, 0.2) is 59.4 Å². The maximum atomic E-state index is 12.9. The summed E-state index contributed by atoms with van der Waals surface area (Å²) in [6, 6.07) is 16.4. The normalized spacial score (nSPS) is 10.5. The number of anilines is 1. The van der Waals surface area contributed by atoms with Crippen molar-refractivity contribution >= 4 is 22.9 Å². The number of nitrogens with one attached hydrogen (secondary N) is 1. The smallest absolute Gasteiger partial charge is 0.426 e. The molecule has 0 atom stereocenters. The fraction of sp³-hybridized carbons (Fsp3) is 0.118. The Balaban J connectivity index is 2.24. The van der Waals surface area contributed by atoms with E-state index in [1.807, 2.05) is 42.5 Å². The van der Waals surface area contributed by atoms with Crippen LogP contribution in [0, 0.1) is 0 Å². The van der Waals surface area contributed by atoms with Crippen molar-refractivity contribution in [3.63, 3.8) is 0 Å². The molecule has 24 heavy (non-hydrogen) atoms. The summed E-state index contributed by atoms with van der Waals surface area (Å²) in [6.07, 6.45) is -1.18. The van der Waals surface area contributed by atoms with Crippen LogP contribution >= 0.6 is 0 Å². The summed E-state index contributed by atoms with van der Waals surface area (Å²) in [5, 5.41) is 10.1. The van der Waals surface area contributed by atoms with Crippen LogP contribution in [-0.4, -0.2) is 32.3 Å². The van der Waals surface area contributed by atoms with Gasteiger partial charge in [-0.2, -0.15) is 0 Å². The lowest BCUT2D eigenvalue weighted by atomic mass is 10.2. The summed E-state index contributed by atoms with van der Waals surface area (Å²) in [5.41, 5.74) is 4.09. The zero-order chi connectivity index (χ0) is 17.1. The number of fused-ring (bicyclic) bond motifs is 1. The van der Waals surface area contributed by atoms with Crippen molar-refractivity contribution in [3.05, 3.63) is 65.0 Å². The van der Waals surface area contributed by atoms with E-state index in [2.05, 4.69) is 10.4 Å². The van der Waals surface area contributed by atoms with Crippen LogP contribution in [0.5, 0.6) is 0 Å². The number of nitrogens with zero attached hydrogens (tertiary/aromatic N) is 3. The van der Waals surface area contributed by atoms with Crippen molar-refractivity contribution in [1.82, 2.24) is 14.6 Å². The molecule has 0 saturated carbocycles. The van der Waals surface area contributed by atoms with Crippen molar-refractivity contribution in [2.24, 2.45) is 0 Å². The van der Waals surface area contributed by atoms with Crippen LogP contribution in [0.2, 0.25) is 0 Å². The van der Waals surface area contributed by atoms with E-state index in [0.29, 0.717) is 16.7 Å². The number of rotatable bonds is 4. The molecule has 1 aromatic heterocycles. The van der Waals surface area contributed by atoms with Gasteiger partial charge in [-0.3, -0.25) is 14.8 Å². The van der Waals surface area contributed by atoms with Crippen molar-refractivity contribution in [1.29, 1.82) is 0 Å². The number of hydrogen-bond acceptors (Lipinski definition) is 4. The molecular formula is C17H16N4O3. The number of carboxylic acid groups (broad SMARTS) is 1. The Morgan fingerprint density at radius 1 is 1.17 bits per heavy atom. The Bertz CT molecular complexity index is 937. The molecule has 0 aliphatic heterocycles. The lowest BCUT2D eigenvalue weighted by Crippen LogP contribution is -2.38. The second-order valence-corrected chi connectivity index (χ2v) is 5.06. The molecule has 0 bridgehead atoms. The first-order chi connectivity index (χ1) is 11.6. The number of amides is 1. The van der Waals surface area contributed by atoms with E-state index in [-0.39, 0.29) is 12.4 Å². The molecule has 7 nitrogen and oxygen atoms in total. The second-order valence-electron chi connectivity index (χ2n) is 5.06. The summed E-state index contributed by atoms with van der Waals surface area (Å²) >= 11 is 0. The van der Waals surface area contributed by atoms with Gasteiger partial charge in [-0.15, -0.1) is 0 Å². The maximum Gasteiger partial charge on any atom is 0.426 e. The molecule has 0 unspecified atom stereocenters. The quantitative estimate of drug-likeness (QED) is 0.721. The highest BCUT2D eigenvalue weighted by Crippen LogP contribution is 2.16. The van der Waals surface area contributed by atoms with Gasteiger partial charge in [0.05, 0.1) is 11.0 Å². The largest absolute Gasteiger partial charge is 0.464 e. The van der Waals surface area contributed by atoms with E-state index in [1.165, 1.54) is 4.57 Å². The van der Waals surface area contributed by atoms with Gasteiger partial charge in [-0.1, -0.05) is 30.3 Å². The Labute approximate surface area is 137 Å². The van der Waals surface area contributed by atoms with E-state index >= 15 is 0 Å². The van der Waals surface area contributed by atoms with Crippen molar-refractivity contribution in [3.8, 4) is 5.69 Å². The highest BCUT2D eigenvalue weighted by Gasteiger charge is 2.16.